The molecule has 1 aromatic carbocycles. The highest BCUT2D eigenvalue weighted by Crippen LogP contribution is 2.25. The Bertz CT molecular complexity index is 420. The van der Waals surface area contributed by atoms with Crippen LogP contribution in [0.2, 0.25) is 0 Å². The summed E-state index contributed by atoms with van der Waals surface area (Å²) < 4.78 is 6.78. The van der Waals surface area contributed by atoms with Crippen molar-refractivity contribution < 1.29 is 9.53 Å². The monoisotopic (exact) mass is 297 g/mol. The zero-order chi connectivity index (χ0) is 12.3. The number of nitrogens with one attached hydrogen (secondary N) is 1. The molecular weight excluding hydrogens is 282 g/mol. The second kappa shape index (κ2) is 5.54. The topological polar surface area (TPSA) is 38.3 Å². The van der Waals surface area contributed by atoms with Crippen LogP contribution < -0.4 is 10.1 Å². The summed E-state index contributed by atoms with van der Waals surface area (Å²) in [7, 11) is 0. The fourth-order valence-electron chi connectivity index (χ4n) is 1.88. The Balaban J connectivity index is 2.13. The van der Waals surface area contributed by atoms with E-state index in [1.54, 1.807) is 0 Å². The molecule has 0 aliphatic carbocycles. The Kier molecular flexibility index (Phi) is 4.05. The first-order valence-corrected chi connectivity index (χ1v) is 6.66. The average molecular weight is 298 g/mol. The second-order valence-electron chi connectivity index (χ2n) is 4.30. The molecule has 1 unspecified atom stereocenters. The lowest BCUT2D eigenvalue weighted by molar-refractivity contribution is -0.127. The van der Waals surface area contributed by atoms with Crippen molar-refractivity contribution in [1.82, 2.24) is 5.32 Å². The molecule has 4 heteroatoms. The fourth-order valence-corrected chi connectivity index (χ4v) is 2.22. The summed E-state index contributed by atoms with van der Waals surface area (Å²) >= 11 is 3.41. The fraction of sp³-hybridized carbons (Fsp3) is 0.462. The van der Waals surface area contributed by atoms with Crippen LogP contribution in [-0.4, -0.2) is 18.6 Å². The van der Waals surface area contributed by atoms with E-state index in [0.717, 1.165) is 41.6 Å². The van der Waals surface area contributed by atoms with Crippen LogP contribution in [0.4, 0.5) is 0 Å². The second-order valence-corrected chi connectivity index (χ2v) is 5.22. The van der Waals surface area contributed by atoms with Crippen molar-refractivity contribution in [3.8, 4) is 5.75 Å². The third-order valence-electron chi connectivity index (χ3n) is 2.90. The van der Waals surface area contributed by atoms with E-state index in [-0.39, 0.29) is 12.0 Å². The Morgan fingerprint density at radius 1 is 1.41 bits per heavy atom. The van der Waals surface area contributed by atoms with Gasteiger partial charge in [0, 0.05) is 11.0 Å². The minimum absolute atomic E-state index is 0.00174. The first-order chi connectivity index (χ1) is 8.16. The van der Waals surface area contributed by atoms with Crippen molar-refractivity contribution in [2.45, 2.75) is 32.3 Å². The molecule has 0 radical (unpaired) electrons. The number of ether oxygens (including phenoxy) is 1. The van der Waals surface area contributed by atoms with Crippen LogP contribution in [0, 0.1) is 6.92 Å². The Labute approximate surface area is 110 Å². The minimum atomic E-state index is -0.356. The summed E-state index contributed by atoms with van der Waals surface area (Å²) in [6.45, 7) is 2.74. The summed E-state index contributed by atoms with van der Waals surface area (Å²) in [5.41, 5.74) is 1.05. The molecule has 0 saturated carbocycles. The molecule has 3 nitrogen and oxygen atoms in total. The van der Waals surface area contributed by atoms with E-state index in [4.69, 9.17) is 4.74 Å². The van der Waals surface area contributed by atoms with Crippen LogP contribution in [0.15, 0.2) is 22.7 Å². The maximum atomic E-state index is 11.8. The maximum absolute atomic E-state index is 11.8. The Hall–Kier alpha value is -1.03. The molecule has 1 aliphatic rings. The van der Waals surface area contributed by atoms with Crippen LogP contribution >= 0.6 is 15.9 Å². The number of carbonyl (C=O) groups is 1. The predicted octanol–water partition coefficient (Wildman–Crippen LogP) is 2.81. The van der Waals surface area contributed by atoms with Gasteiger partial charge in [0.2, 0.25) is 0 Å². The van der Waals surface area contributed by atoms with E-state index in [2.05, 4.69) is 21.2 Å². The average Bonchev–Trinajstić information content (AvgIpc) is 2.50. The van der Waals surface area contributed by atoms with Gasteiger partial charge in [0.1, 0.15) is 5.75 Å². The molecule has 0 aromatic heterocycles. The molecule has 0 spiro atoms. The number of hydrogen-bond acceptors (Lipinski definition) is 2. The van der Waals surface area contributed by atoms with Gasteiger partial charge >= 0.3 is 0 Å². The molecule has 1 atom stereocenters. The van der Waals surface area contributed by atoms with E-state index in [1.807, 2.05) is 25.1 Å². The number of carbonyl (C=O) groups excluding carboxylic acids is 1. The minimum Gasteiger partial charge on any atom is -0.480 e. The zero-order valence-corrected chi connectivity index (χ0v) is 11.4. The molecular formula is C13H16BrNO2. The Morgan fingerprint density at radius 3 is 3.06 bits per heavy atom. The molecule has 1 heterocycles. The highest BCUT2D eigenvalue weighted by Gasteiger charge is 2.22. The van der Waals surface area contributed by atoms with Crippen molar-refractivity contribution in [2.24, 2.45) is 0 Å². The molecule has 1 amide bonds. The standard InChI is InChI=1S/C13H16BrNO2/c1-9-5-6-10(14)8-12(9)17-11-4-2-3-7-15-13(11)16/h5-6,8,11H,2-4,7H2,1H3,(H,15,16). The molecule has 1 N–H and O–H groups in total. The normalized spacial score (nSPS) is 20.6. The van der Waals surface area contributed by atoms with E-state index in [1.165, 1.54) is 0 Å². The summed E-state index contributed by atoms with van der Waals surface area (Å²) in [5, 5.41) is 2.87. The lowest BCUT2D eigenvalue weighted by Crippen LogP contribution is -2.36. The van der Waals surface area contributed by atoms with E-state index in [0.29, 0.717) is 0 Å². The van der Waals surface area contributed by atoms with Gasteiger partial charge < -0.3 is 10.1 Å². The highest BCUT2D eigenvalue weighted by atomic mass is 79.9. The molecule has 1 aromatic rings. The third-order valence-corrected chi connectivity index (χ3v) is 3.40. The number of halogens is 1. The van der Waals surface area contributed by atoms with Crippen LogP contribution in [0.25, 0.3) is 0 Å². The maximum Gasteiger partial charge on any atom is 0.261 e. The van der Waals surface area contributed by atoms with Gasteiger partial charge in [-0.1, -0.05) is 22.0 Å². The van der Waals surface area contributed by atoms with Crippen molar-refractivity contribution in [2.75, 3.05) is 6.54 Å². The van der Waals surface area contributed by atoms with Crippen molar-refractivity contribution in [1.29, 1.82) is 0 Å². The van der Waals surface area contributed by atoms with E-state index in [9.17, 15) is 4.79 Å². The number of rotatable bonds is 2. The lowest BCUT2D eigenvalue weighted by Gasteiger charge is -2.17. The van der Waals surface area contributed by atoms with E-state index >= 15 is 0 Å². The van der Waals surface area contributed by atoms with Crippen LogP contribution in [0.1, 0.15) is 24.8 Å². The number of amides is 1. The molecule has 1 saturated heterocycles. The van der Waals surface area contributed by atoms with Crippen LogP contribution in [0.3, 0.4) is 0 Å². The summed E-state index contributed by atoms with van der Waals surface area (Å²) in [4.78, 5) is 11.8. The third kappa shape index (κ3) is 3.22. The SMILES string of the molecule is Cc1ccc(Br)cc1OC1CCCCNC1=O. The smallest absolute Gasteiger partial charge is 0.261 e. The first kappa shape index (κ1) is 12.4. The zero-order valence-electron chi connectivity index (χ0n) is 9.83. The molecule has 92 valence electrons. The van der Waals surface area contributed by atoms with Crippen molar-refractivity contribution in [3.05, 3.63) is 28.2 Å². The molecule has 0 bridgehead atoms. The van der Waals surface area contributed by atoms with Gasteiger partial charge in [-0.15, -0.1) is 0 Å². The van der Waals surface area contributed by atoms with Gasteiger partial charge in [0.05, 0.1) is 0 Å². The summed E-state index contributed by atoms with van der Waals surface area (Å²) in [5.74, 6) is 0.781. The first-order valence-electron chi connectivity index (χ1n) is 5.87. The molecule has 2 rings (SSSR count). The summed E-state index contributed by atoms with van der Waals surface area (Å²) in [6.07, 6.45) is 2.49. The van der Waals surface area contributed by atoms with Gasteiger partial charge in [-0.25, -0.2) is 0 Å². The summed E-state index contributed by atoms with van der Waals surface area (Å²) in [6, 6.07) is 5.86. The van der Waals surface area contributed by atoms with Gasteiger partial charge in [0.25, 0.3) is 5.91 Å². The van der Waals surface area contributed by atoms with Gasteiger partial charge in [-0.3, -0.25) is 4.79 Å². The quantitative estimate of drug-likeness (QED) is 0.912. The van der Waals surface area contributed by atoms with Gasteiger partial charge in [0.15, 0.2) is 6.10 Å². The lowest BCUT2D eigenvalue weighted by atomic mass is 10.1. The molecule has 1 aliphatic heterocycles. The number of benzene rings is 1. The van der Waals surface area contributed by atoms with Gasteiger partial charge in [-0.2, -0.15) is 0 Å². The molecule has 17 heavy (non-hydrogen) atoms. The number of hydrogen-bond donors (Lipinski definition) is 1. The van der Waals surface area contributed by atoms with Crippen LogP contribution in [-0.2, 0) is 4.79 Å². The highest BCUT2D eigenvalue weighted by molar-refractivity contribution is 9.10. The predicted molar refractivity (Wildman–Crippen MR) is 70.2 cm³/mol. The van der Waals surface area contributed by atoms with Crippen molar-refractivity contribution in [3.63, 3.8) is 0 Å². The number of aryl methyl sites for hydroxylation is 1. The van der Waals surface area contributed by atoms with Crippen LogP contribution in [0.5, 0.6) is 5.75 Å². The largest absolute Gasteiger partial charge is 0.480 e. The van der Waals surface area contributed by atoms with Gasteiger partial charge in [-0.05, 0) is 43.9 Å². The van der Waals surface area contributed by atoms with E-state index < -0.39 is 0 Å². The Morgan fingerprint density at radius 2 is 2.24 bits per heavy atom. The molecule has 1 fully saturated rings. The van der Waals surface area contributed by atoms with Crippen molar-refractivity contribution >= 4 is 21.8 Å².